The molecule has 3 heterocycles. The van der Waals surface area contributed by atoms with Crippen molar-refractivity contribution < 1.29 is 32.6 Å². The Morgan fingerprint density at radius 3 is 2.40 bits per heavy atom. The number of alkyl halides is 3. The molecule has 2 aliphatic rings. The number of aliphatic hydroxyl groups is 1. The Hall–Kier alpha value is -3.68. The first-order chi connectivity index (χ1) is 19.0. The van der Waals surface area contributed by atoms with E-state index < -0.39 is 24.2 Å². The van der Waals surface area contributed by atoms with Crippen LogP contribution in [0.5, 0.6) is 0 Å². The molecule has 0 saturated carbocycles. The fourth-order valence-corrected chi connectivity index (χ4v) is 5.19. The van der Waals surface area contributed by atoms with Gasteiger partial charge in [0.2, 0.25) is 5.82 Å². The predicted octanol–water partition coefficient (Wildman–Crippen LogP) is 3.49. The van der Waals surface area contributed by atoms with Gasteiger partial charge in [0.25, 0.3) is 5.91 Å². The number of hydrogen-bond acceptors (Lipinski definition) is 8. The Morgan fingerprint density at radius 2 is 1.75 bits per heavy atom. The van der Waals surface area contributed by atoms with E-state index in [1.54, 1.807) is 34.1 Å². The predicted molar refractivity (Wildman–Crippen MR) is 142 cm³/mol. The number of hydrogen-bond donors (Lipinski definition) is 2. The highest BCUT2D eigenvalue weighted by Gasteiger charge is 2.40. The second-order valence-corrected chi connectivity index (χ2v) is 10.0. The third-order valence-electron chi connectivity index (χ3n) is 7.08. The first kappa shape index (κ1) is 27.9. The highest BCUT2D eigenvalue weighted by Crippen LogP contribution is 2.35. The van der Waals surface area contributed by atoms with E-state index in [2.05, 4.69) is 20.0 Å². The van der Waals surface area contributed by atoms with Crippen molar-refractivity contribution in [3.05, 3.63) is 58.9 Å². The van der Waals surface area contributed by atoms with Gasteiger partial charge < -0.3 is 19.6 Å². The average molecular weight is 579 g/mol. The van der Waals surface area contributed by atoms with Gasteiger partial charge in [-0.3, -0.25) is 15.0 Å². The molecule has 2 aromatic carbocycles. The van der Waals surface area contributed by atoms with Gasteiger partial charge in [-0.25, -0.2) is 14.8 Å². The van der Waals surface area contributed by atoms with Crippen LogP contribution in [-0.2, 0) is 10.9 Å². The van der Waals surface area contributed by atoms with Gasteiger partial charge in [0.05, 0.1) is 24.8 Å². The molecule has 1 aromatic heterocycles. The maximum absolute atomic E-state index is 13.7. The lowest BCUT2D eigenvalue weighted by atomic mass is 10.1. The van der Waals surface area contributed by atoms with Crippen LogP contribution < -0.4 is 10.2 Å². The standard InChI is InChI=1S/C26H26ClF3N6O4/c1-40-25(39)31-17-6-7-19-18(12-17)22(33-24(32-19)26(28,29)30)36-13-20(21(37)14-36)34-8-10-35(11-9-34)23(38)15-2-4-16(27)5-3-15/h2-7,12,20-21,37H,8-11,13-14H2,1H3,(H,31,39)/t20-,21-/m0/s1. The van der Waals surface area contributed by atoms with E-state index in [-0.39, 0.29) is 41.8 Å². The molecule has 212 valence electrons. The molecule has 14 heteroatoms. The number of benzene rings is 2. The topological polar surface area (TPSA) is 111 Å². The summed E-state index contributed by atoms with van der Waals surface area (Å²) in [6.07, 6.45) is -6.38. The second-order valence-electron chi connectivity index (χ2n) is 9.59. The Morgan fingerprint density at radius 1 is 1.05 bits per heavy atom. The monoisotopic (exact) mass is 578 g/mol. The molecule has 0 unspecified atom stereocenters. The number of ether oxygens (including phenoxy) is 1. The number of methoxy groups -OCH3 is 1. The van der Waals surface area contributed by atoms with Crippen LogP contribution in [0.3, 0.4) is 0 Å². The number of carbonyl (C=O) groups excluding carboxylic acids is 2. The molecule has 2 atom stereocenters. The number of aromatic nitrogens is 2. The fourth-order valence-electron chi connectivity index (χ4n) is 5.06. The summed E-state index contributed by atoms with van der Waals surface area (Å²) in [7, 11) is 1.19. The molecule has 0 aliphatic carbocycles. The Bertz CT molecular complexity index is 1420. The SMILES string of the molecule is COC(=O)Nc1ccc2nc(C(F)(F)F)nc(N3C[C@H](O)[C@@H](N4CCN(C(=O)c5ccc(Cl)cc5)CC4)C3)c2c1. The molecule has 40 heavy (non-hydrogen) atoms. The van der Waals surface area contributed by atoms with Gasteiger partial charge in [-0.1, -0.05) is 11.6 Å². The van der Waals surface area contributed by atoms with E-state index in [0.29, 0.717) is 42.5 Å². The van der Waals surface area contributed by atoms with Crippen molar-refractivity contribution >= 4 is 46.0 Å². The van der Waals surface area contributed by atoms with E-state index in [9.17, 15) is 27.9 Å². The van der Waals surface area contributed by atoms with Crippen LogP contribution in [0.2, 0.25) is 5.02 Å². The number of amides is 2. The number of β-amino-alcohol motifs (C(OH)–C–C–N with tert-alkyl or cyclic N) is 1. The minimum atomic E-state index is -4.78. The summed E-state index contributed by atoms with van der Waals surface area (Å²) in [5.74, 6) is -1.41. The zero-order valence-electron chi connectivity index (χ0n) is 21.4. The van der Waals surface area contributed by atoms with Crippen LogP contribution in [0.4, 0.5) is 29.5 Å². The summed E-state index contributed by atoms with van der Waals surface area (Å²) in [5, 5.41) is 14.3. The molecular weight excluding hydrogens is 553 g/mol. The van der Waals surface area contributed by atoms with Crippen LogP contribution in [0.15, 0.2) is 42.5 Å². The van der Waals surface area contributed by atoms with E-state index in [1.807, 2.05) is 4.90 Å². The van der Waals surface area contributed by atoms with E-state index >= 15 is 0 Å². The summed E-state index contributed by atoms with van der Waals surface area (Å²) < 4.78 is 45.6. The van der Waals surface area contributed by atoms with Crippen molar-refractivity contribution in [2.24, 2.45) is 0 Å². The maximum atomic E-state index is 13.7. The maximum Gasteiger partial charge on any atom is 0.451 e. The van der Waals surface area contributed by atoms with Crippen molar-refractivity contribution in [3.8, 4) is 0 Å². The minimum Gasteiger partial charge on any atom is -0.453 e. The van der Waals surface area contributed by atoms with E-state index in [1.165, 1.54) is 25.3 Å². The Kier molecular flexibility index (Phi) is 7.71. The van der Waals surface area contributed by atoms with Crippen molar-refractivity contribution in [3.63, 3.8) is 0 Å². The van der Waals surface area contributed by atoms with Crippen LogP contribution in [-0.4, -0.2) is 95.4 Å². The van der Waals surface area contributed by atoms with Crippen molar-refractivity contribution in [2.45, 2.75) is 18.3 Å². The second kappa shape index (κ2) is 11.1. The normalized spacial score (nSPS) is 20.1. The molecule has 2 N–H and O–H groups in total. The smallest absolute Gasteiger partial charge is 0.451 e. The zero-order chi connectivity index (χ0) is 28.6. The first-order valence-electron chi connectivity index (χ1n) is 12.5. The fraction of sp³-hybridized carbons (Fsp3) is 0.385. The summed E-state index contributed by atoms with van der Waals surface area (Å²) >= 11 is 5.92. The highest BCUT2D eigenvalue weighted by molar-refractivity contribution is 6.30. The number of fused-ring (bicyclic) bond motifs is 1. The number of piperazine rings is 1. The summed E-state index contributed by atoms with van der Waals surface area (Å²) in [6, 6.07) is 10.5. The van der Waals surface area contributed by atoms with Gasteiger partial charge in [-0.15, -0.1) is 0 Å². The summed E-state index contributed by atoms with van der Waals surface area (Å²) in [6.45, 7) is 2.10. The lowest BCUT2D eigenvalue weighted by Crippen LogP contribution is -2.54. The van der Waals surface area contributed by atoms with E-state index in [4.69, 9.17) is 11.6 Å². The number of rotatable bonds is 4. The molecule has 0 bridgehead atoms. The molecule has 2 fully saturated rings. The lowest BCUT2D eigenvalue weighted by molar-refractivity contribution is -0.144. The van der Waals surface area contributed by atoms with Crippen molar-refractivity contribution in [1.29, 1.82) is 0 Å². The number of halogens is 4. The molecule has 2 aliphatic heterocycles. The molecule has 0 spiro atoms. The zero-order valence-corrected chi connectivity index (χ0v) is 22.1. The first-order valence-corrected chi connectivity index (χ1v) is 12.9. The van der Waals surface area contributed by atoms with Crippen molar-refractivity contribution in [1.82, 2.24) is 19.8 Å². The van der Waals surface area contributed by atoms with Gasteiger partial charge in [-0.2, -0.15) is 13.2 Å². The van der Waals surface area contributed by atoms with Crippen molar-refractivity contribution in [2.75, 3.05) is 56.6 Å². The molecule has 5 rings (SSSR count). The number of anilines is 2. The van der Waals surface area contributed by atoms with Gasteiger partial charge in [0.1, 0.15) is 5.82 Å². The van der Waals surface area contributed by atoms with Gasteiger partial charge in [0, 0.05) is 60.9 Å². The Balaban J connectivity index is 1.35. The Labute approximate surface area is 232 Å². The molecule has 10 nitrogen and oxygen atoms in total. The van der Waals surface area contributed by atoms with E-state index in [0.717, 1.165) is 0 Å². The lowest BCUT2D eigenvalue weighted by Gasteiger charge is -2.38. The largest absolute Gasteiger partial charge is 0.453 e. The van der Waals surface area contributed by atoms with Gasteiger partial charge in [-0.05, 0) is 42.5 Å². The van der Waals surface area contributed by atoms with Crippen LogP contribution in [0.1, 0.15) is 16.2 Å². The van der Waals surface area contributed by atoms with Gasteiger partial charge >= 0.3 is 12.3 Å². The summed E-state index contributed by atoms with van der Waals surface area (Å²) in [5.41, 5.74) is 0.865. The molecule has 2 amide bonds. The third-order valence-corrected chi connectivity index (χ3v) is 7.33. The van der Waals surface area contributed by atoms with Crippen LogP contribution >= 0.6 is 11.6 Å². The number of carbonyl (C=O) groups is 2. The molecular formula is C26H26ClF3N6O4. The number of nitrogens with zero attached hydrogens (tertiary/aromatic N) is 5. The van der Waals surface area contributed by atoms with Crippen LogP contribution in [0, 0.1) is 0 Å². The van der Waals surface area contributed by atoms with Crippen LogP contribution in [0.25, 0.3) is 10.9 Å². The number of aliphatic hydroxyl groups excluding tert-OH is 1. The molecule has 0 radical (unpaired) electrons. The highest BCUT2D eigenvalue weighted by atomic mass is 35.5. The third kappa shape index (κ3) is 5.76. The minimum absolute atomic E-state index is 0.00365. The summed E-state index contributed by atoms with van der Waals surface area (Å²) in [4.78, 5) is 37.4. The quantitative estimate of drug-likeness (QED) is 0.484. The van der Waals surface area contributed by atoms with Gasteiger partial charge in [0.15, 0.2) is 0 Å². The number of nitrogens with one attached hydrogen (secondary N) is 1. The molecule has 3 aromatic rings. The molecule has 2 saturated heterocycles. The average Bonchev–Trinajstić information content (AvgIpc) is 3.33.